The van der Waals surface area contributed by atoms with Crippen molar-refractivity contribution in [2.24, 2.45) is 5.14 Å². The van der Waals surface area contributed by atoms with Crippen LogP contribution >= 0.6 is 0 Å². The van der Waals surface area contributed by atoms with E-state index in [2.05, 4.69) is 10.3 Å². The molecule has 0 fully saturated rings. The number of nitrogens with one attached hydrogen (secondary N) is 2. The molecule has 0 atom stereocenters. The molecule has 1 aromatic heterocycles. The fourth-order valence-corrected chi connectivity index (χ4v) is 1.54. The summed E-state index contributed by atoms with van der Waals surface area (Å²) in [7, 11) is -2.26. The van der Waals surface area contributed by atoms with E-state index in [1.54, 1.807) is 0 Å². The molecule has 0 aromatic carbocycles. The molecule has 1 amide bonds. The van der Waals surface area contributed by atoms with Gasteiger partial charge in [-0.1, -0.05) is 0 Å². The number of primary sulfonamides is 1. The number of hydrogen-bond acceptors (Lipinski definition) is 4. The second kappa shape index (κ2) is 5.10. The molecule has 4 N–H and O–H groups in total. The zero-order valence-electron chi connectivity index (χ0n) is 8.69. The van der Waals surface area contributed by atoms with Gasteiger partial charge < -0.3 is 15.0 Å². The van der Waals surface area contributed by atoms with E-state index in [1.165, 1.54) is 19.4 Å². The number of rotatable bonds is 5. The van der Waals surface area contributed by atoms with Crippen LogP contribution in [0.4, 0.5) is 0 Å². The highest BCUT2D eigenvalue weighted by Crippen LogP contribution is 2.08. The van der Waals surface area contributed by atoms with Crippen LogP contribution in [0.1, 0.15) is 10.5 Å². The van der Waals surface area contributed by atoms with E-state index in [0.29, 0.717) is 13.2 Å². The molecule has 7 nitrogen and oxygen atoms in total. The summed E-state index contributed by atoms with van der Waals surface area (Å²) >= 11 is 0. The van der Waals surface area contributed by atoms with Crippen molar-refractivity contribution < 1.29 is 17.9 Å². The van der Waals surface area contributed by atoms with Gasteiger partial charge in [0.15, 0.2) is 0 Å². The monoisotopic (exact) mass is 247 g/mol. The predicted molar refractivity (Wildman–Crippen MR) is 56.4 cm³/mol. The molecule has 0 saturated carbocycles. The maximum absolute atomic E-state index is 11.4. The van der Waals surface area contributed by atoms with Crippen LogP contribution in [-0.4, -0.2) is 39.6 Å². The Hall–Kier alpha value is -1.38. The van der Waals surface area contributed by atoms with Gasteiger partial charge in [-0.25, -0.2) is 13.6 Å². The summed E-state index contributed by atoms with van der Waals surface area (Å²) < 4.78 is 26.6. The molecule has 1 aromatic rings. The summed E-state index contributed by atoms with van der Waals surface area (Å²) in [5.41, 5.74) is 0.139. The van der Waals surface area contributed by atoms with Gasteiger partial charge in [-0.05, 0) is 6.07 Å². The van der Waals surface area contributed by atoms with Gasteiger partial charge in [0.1, 0.15) is 5.69 Å². The number of nitrogens with two attached hydrogens (primary N) is 1. The summed E-state index contributed by atoms with van der Waals surface area (Å²) in [6.45, 7) is 0.730. The van der Waals surface area contributed by atoms with Crippen molar-refractivity contribution in [3.8, 4) is 0 Å². The maximum atomic E-state index is 11.4. The van der Waals surface area contributed by atoms with Crippen molar-refractivity contribution in [1.82, 2.24) is 10.3 Å². The molecule has 0 aliphatic heterocycles. The molecule has 1 heterocycles. The van der Waals surface area contributed by atoms with Crippen molar-refractivity contribution in [2.75, 3.05) is 20.3 Å². The van der Waals surface area contributed by atoms with Gasteiger partial charge in [0.05, 0.1) is 11.5 Å². The third-order valence-corrected chi connectivity index (χ3v) is 2.71. The second-order valence-corrected chi connectivity index (χ2v) is 4.60. The smallest absolute Gasteiger partial charge is 0.267 e. The number of sulfonamides is 1. The van der Waals surface area contributed by atoms with E-state index in [-0.39, 0.29) is 10.6 Å². The topological polar surface area (TPSA) is 114 Å². The van der Waals surface area contributed by atoms with Gasteiger partial charge in [0, 0.05) is 19.9 Å². The molecular weight excluding hydrogens is 234 g/mol. The third-order valence-electron chi connectivity index (χ3n) is 1.82. The average Bonchev–Trinajstić information content (AvgIpc) is 2.66. The first-order chi connectivity index (χ1) is 7.45. The molecular formula is C8H13N3O4S. The highest BCUT2D eigenvalue weighted by Gasteiger charge is 2.13. The van der Waals surface area contributed by atoms with Crippen LogP contribution in [0.15, 0.2) is 17.2 Å². The Morgan fingerprint density at radius 1 is 1.62 bits per heavy atom. The summed E-state index contributed by atoms with van der Waals surface area (Å²) in [4.78, 5) is 13.8. The standard InChI is InChI=1S/C8H13N3O4S/c1-15-3-2-10-8(12)7-4-6(5-11-7)16(9,13)14/h4-5,11H,2-3H2,1H3,(H,10,12)(H2,9,13,14). The van der Waals surface area contributed by atoms with Crippen molar-refractivity contribution >= 4 is 15.9 Å². The molecule has 0 unspecified atom stereocenters. The number of methoxy groups -OCH3 is 1. The Morgan fingerprint density at radius 2 is 2.31 bits per heavy atom. The van der Waals surface area contributed by atoms with Crippen LogP contribution in [0, 0.1) is 0 Å². The molecule has 0 spiro atoms. The van der Waals surface area contributed by atoms with Crippen molar-refractivity contribution in [3.63, 3.8) is 0 Å². The van der Waals surface area contributed by atoms with E-state index < -0.39 is 15.9 Å². The number of amides is 1. The normalized spacial score (nSPS) is 11.4. The van der Waals surface area contributed by atoms with Crippen LogP contribution < -0.4 is 10.5 Å². The number of carbonyl (C=O) groups excluding carboxylic acids is 1. The molecule has 90 valence electrons. The zero-order chi connectivity index (χ0) is 12.2. The van der Waals surface area contributed by atoms with Crippen molar-refractivity contribution in [3.05, 3.63) is 18.0 Å². The second-order valence-electron chi connectivity index (χ2n) is 3.04. The fourth-order valence-electron chi connectivity index (χ4n) is 1.03. The van der Waals surface area contributed by atoms with Crippen LogP contribution in [0.3, 0.4) is 0 Å². The molecule has 1 rings (SSSR count). The van der Waals surface area contributed by atoms with Crippen LogP contribution in [0.25, 0.3) is 0 Å². The number of carbonyl (C=O) groups is 1. The molecule has 8 heteroatoms. The quantitative estimate of drug-likeness (QED) is 0.581. The van der Waals surface area contributed by atoms with Gasteiger partial charge in [-0.15, -0.1) is 0 Å². The van der Waals surface area contributed by atoms with Crippen LogP contribution in [0.5, 0.6) is 0 Å². The summed E-state index contributed by atoms with van der Waals surface area (Å²) in [5.74, 6) is -0.410. The first kappa shape index (κ1) is 12.7. The van der Waals surface area contributed by atoms with Crippen molar-refractivity contribution in [1.29, 1.82) is 0 Å². The highest BCUT2D eigenvalue weighted by atomic mass is 32.2. The molecule has 0 bridgehead atoms. The fraction of sp³-hybridized carbons (Fsp3) is 0.375. The minimum Gasteiger partial charge on any atom is -0.383 e. The van der Waals surface area contributed by atoms with Gasteiger partial charge in [-0.2, -0.15) is 0 Å². The lowest BCUT2D eigenvalue weighted by Crippen LogP contribution is -2.27. The number of hydrogen-bond donors (Lipinski definition) is 3. The van der Waals surface area contributed by atoms with E-state index in [0.717, 1.165) is 0 Å². The van der Waals surface area contributed by atoms with E-state index in [4.69, 9.17) is 9.88 Å². The number of aromatic amines is 1. The highest BCUT2D eigenvalue weighted by molar-refractivity contribution is 7.89. The lowest BCUT2D eigenvalue weighted by atomic mass is 10.4. The number of aromatic nitrogens is 1. The first-order valence-corrected chi connectivity index (χ1v) is 5.98. The lowest BCUT2D eigenvalue weighted by molar-refractivity contribution is 0.0932. The van der Waals surface area contributed by atoms with Crippen LogP contribution in [0.2, 0.25) is 0 Å². The van der Waals surface area contributed by atoms with E-state index in [9.17, 15) is 13.2 Å². The summed E-state index contributed by atoms with van der Waals surface area (Å²) in [6.07, 6.45) is 1.17. The Kier molecular flexibility index (Phi) is 4.05. The maximum Gasteiger partial charge on any atom is 0.267 e. The van der Waals surface area contributed by atoms with Gasteiger partial charge in [0.25, 0.3) is 5.91 Å². The third kappa shape index (κ3) is 3.33. The number of ether oxygens (including phenoxy) is 1. The zero-order valence-corrected chi connectivity index (χ0v) is 9.50. The van der Waals surface area contributed by atoms with E-state index in [1.807, 2.05) is 0 Å². The molecule has 0 aliphatic rings. The Morgan fingerprint density at radius 3 is 2.81 bits per heavy atom. The summed E-state index contributed by atoms with van der Waals surface area (Å²) in [6, 6.07) is 1.18. The number of H-pyrrole nitrogens is 1. The minimum atomic E-state index is -3.78. The lowest BCUT2D eigenvalue weighted by Gasteiger charge is -2.01. The van der Waals surface area contributed by atoms with Gasteiger partial charge in [0.2, 0.25) is 10.0 Å². The molecule has 0 aliphatic carbocycles. The molecule has 0 saturated heterocycles. The Bertz CT molecular complexity index is 465. The average molecular weight is 247 g/mol. The molecule has 16 heavy (non-hydrogen) atoms. The minimum absolute atomic E-state index is 0.121. The predicted octanol–water partition coefficient (Wildman–Crippen LogP) is -0.962. The van der Waals surface area contributed by atoms with E-state index >= 15 is 0 Å². The van der Waals surface area contributed by atoms with Gasteiger partial charge in [-0.3, -0.25) is 4.79 Å². The Balaban J connectivity index is 2.68. The van der Waals surface area contributed by atoms with Gasteiger partial charge >= 0.3 is 0 Å². The first-order valence-electron chi connectivity index (χ1n) is 4.43. The molecule has 0 radical (unpaired) electrons. The Labute approximate surface area is 93.0 Å². The largest absolute Gasteiger partial charge is 0.383 e. The van der Waals surface area contributed by atoms with Crippen LogP contribution in [-0.2, 0) is 14.8 Å². The summed E-state index contributed by atoms with van der Waals surface area (Å²) in [5, 5.41) is 7.43. The van der Waals surface area contributed by atoms with Crippen molar-refractivity contribution in [2.45, 2.75) is 4.90 Å². The SMILES string of the molecule is COCCNC(=O)c1cc(S(N)(=O)=O)c[nH]1.